The van der Waals surface area contributed by atoms with Crippen molar-refractivity contribution in [2.24, 2.45) is 35.5 Å². The first-order valence-electron chi connectivity index (χ1n) is 23.1. The van der Waals surface area contributed by atoms with E-state index in [4.69, 9.17) is 4.74 Å². The molecule has 0 aliphatic heterocycles. The molecule has 0 radical (unpaired) electrons. The average Bonchev–Trinajstić information content (AvgIpc) is 3.23. The first kappa shape index (κ1) is 44.6. The van der Waals surface area contributed by atoms with E-state index in [0.717, 1.165) is 86.9 Å². The van der Waals surface area contributed by atoms with Crippen LogP contribution in [0, 0.1) is 58.8 Å². The number of ether oxygens (including phenoxy) is 1. The van der Waals surface area contributed by atoms with Crippen LogP contribution in [0.3, 0.4) is 0 Å². The molecular weight excluding hydrogens is 709 g/mol. The lowest BCUT2D eigenvalue weighted by Gasteiger charge is -2.38. The van der Waals surface area contributed by atoms with E-state index in [1.54, 1.807) is 24.3 Å². The number of aromatic hydroxyl groups is 1. The van der Waals surface area contributed by atoms with Gasteiger partial charge in [-0.05, 0) is 154 Å². The number of benzene rings is 2. The largest absolute Gasteiger partial charge is 0.505 e. The number of phenolic OH excluding ortho intramolecular Hbond substituents is 1. The van der Waals surface area contributed by atoms with Gasteiger partial charge in [-0.2, -0.15) is 8.78 Å². The highest BCUT2D eigenvalue weighted by atomic mass is 19.2. The van der Waals surface area contributed by atoms with Gasteiger partial charge in [-0.3, -0.25) is 0 Å². The van der Waals surface area contributed by atoms with Crippen LogP contribution in [0.4, 0.5) is 17.6 Å². The van der Waals surface area contributed by atoms with Gasteiger partial charge in [-0.25, -0.2) is 8.78 Å². The van der Waals surface area contributed by atoms with Gasteiger partial charge < -0.3 is 9.84 Å². The lowest BCUT2D eigenvalue weighted by Crippen LogP contribution is -2.25. The summed E-state index contributed by atoms with van der Waals surface area (Å²) in [5, 5.41) is 9.31. The third kappa shape index (κ3) is 12.5. The first-order chi connectivity index (χ1) is 27.2. The maximum Gasteiger partial charge on any atom is 0.200 e. The molecule has 4 aliphatic carbocycles. The van der Waals surface area contributed by atoms with Crippen molar-refractivity contribution in [3.63, 3.8) is 0 Å². The molecule has 314 valence electrons. The second kappa shape index (κ2) is 23.2. The van der Waals surface area contributed by atoms with Crippen molar-refractivity contribution in [2.45, 2.75) is 186 Å². The molecule has 0 aromatic heterocycles. The normalized spacial score (nSPS) is 28.2. The van der Waals surface area contributed by atoms with Crippen LogP contribution in [0.25, 0.3) is 0 Å². The molecular formula is C50H74F4O2. The van der Waals surface area contributed by atoms with Gasteiger partial charge in [0.25, 0.3) is 0 Å². The van der Waals surface area contributed by atoms with Gasteiger partial charge >= 0.3 is 0 Å². The van der Waals surface area contributed by atoms with Gasteiger partial charge in [-0.15, -0.1) is 6.58 Å². The quantitative estimate of drug-likeness (QED) is 0.104. The van der Waals surface area contributed by atoms with Crippen molar-refractivity contribution in [1.29, 1.82) is 0 Å². The topological polar surface area (TPSA) is 29.5 Å². The van der Waals surface area contributed by atoms with Crippen LogP contribution in [-0.2, 0) is 0 Å². The van der Waals surface area contributed by atoms with E-state index in [1.807, 2.05) is 0 Å². The van der Waals surface area contributed by atoms with E-state index in [1.165, 1.54) is 109 Å². The molecule has 6 rings (SSSR count). The summed E-state index contributed by atoms with van der Waals surface area (Å²) in [4.78, 5) is 0. The SMILES string of the molecule is C=CCCOc1ccc(C2CCC(C3CCC(CCCCC)CC3)CC2)c(F)c1F.CCCCCC1CCC(C2CCC(c3ccc(O)c(F)c3F)CC2)CC1. The summed E-state index contributed by atoms with van der Waals surface area (Å²) in [6.07, 6.45) is 32.9. The standard InChI is InChI=1S/C27H40F2O.C23H34F2O/c1-3-5-7-8-20-9-11-21(12-10-20)22-13-15-23(16-14-22)24-17-18-25(27(29)26(24)28)30-19-6-4-2;1-2-3-4-5-16-6-8-17(9-7-16)18-10-12-19(13-11-18)20-14-15-21(26)23(25)22(20)24/h4,17-18,20-23H,2-3,5-16,19H2,1H3;14-19,26H,2-13H2,1H3. The predicted molar refractivity (Wildman–Crippen MR) is 223 cm³/mol. The molecule has 2 aromatic rings. The lowest BCUT2D eigenvalue weighted by atomic mass is 9.68. The Hall–Kier alpha value is -2.50. The maximum atomic E-state index is 14.7. The van der Waals surface area contributed by atoms with Gasteiger partial charge in [0, 0.05) is 0 Å². The van der Waals surface area contributed by atoms with Crippen LogP contribution >= 0.6 is 0 Å². The molecule has 6 heteroatoms. The van der Waals surface area contributed by atoms with Crippen molar-refractivity contribution < 1.29 is 27.4 Å². The van der Waals surface area contributed by atoms with E-state index in [-0.39, 0.29) is 17.6 Å². The molecule has 0 saturated heterocycles. The fraction of sp³-hybridized carbons (Fsp3) is 0.720. The smallest absolute Gasteiger partial charge is 0.200 e. The van der Waals surface area contributed by atoms with E-state index in [0.29, 0.717) is 24.2 Å². The second-order valence-electron chi connectivity index (χ2n) is 18.3. The number of halogens is 4. The summed E-state index contributed by atoms with van der Waals surface area (Å²) < 4.78 is 62.3. The summed E-state index contributed by atoms with van der Waals surface area (Å²) in [5.74, 6) is 1.36. The Kier molecular flexibility index (Phi) is 18.5. The van der Waals surface area contributed by atoms with Crippen molar-refractivity contribution in [3.05, 3.63) is 71.3 Å². The van der Waals surface area contributed by atoms with Crippen molar-refractivity contribution >= 4 is 0 Å². The molecule has 56 heavy (non-hydrogen) atoms. The summed E-state index contributed by atoms with van der Waals surface area (Å²) in [5.41, 5.74) is 1.00. The summed E-state index contributed by atoms with van der Waals surface area (Å²) in [6.45, 7) is 8.49. The van der Waals surface area contributed by atoms with E-state index < -0.39 is 29.0 Å². The molecule has 0 spiro atoms. The third-order valence-corrected chi connectivity index (χ3v) is 14.7. The van der Waals surface area contributed by atoms with Gasteiger partial charge in [-0.1, -0.05) is 109 Å². The zero-order chi connectivity index (χ0) is 39.9. The molecule has 1 N–H and O–H groups in total. The Morgan fingerprint density at radius 1 is 0.554 bits per heavy atom. The van der Waals surface area contributed by atoms with Gasteiger partial charge in [0.2, 0.25) is 11.6 Å². The minimum absolute atomic E-state index is 0.0162. The molecule has 4 saturated carbocycles. The van der Waals surface area contributed by atoms with Crippen LogP contribution in [0.15, 0.2) is 36.9 Å². The van der Waals surface area contributed by atoms with Crippen LogP contribution in [0.1, 0.15) is 197 Å². The Morgan fingerprint density at radius 2 is 0.964 bits per heavy atom. The summed E-state index contributed by atoms with van der Waals surface area (Å²) in [7, 11) is 0. The Labute approximate surface area is 337 Å². The minimum Gasteiger partial charge on any atom is -0.505 e. The molecule has 0 bridgehead atoms. The Morgan fingerprint density at radius 3 is 1.39 bits per heavy atom. The fourth-order valence-corrected chi connectivity index (χ4v) is 11.2. The maximum absolute atomic E-state index is 14.7. The monoisotopic (exact) mass is 783 g/mol. The van der Waals surface area contributed by atoms with E-state index in [9.17, 15) is 22.7 Å². The number of unbranched alkanes of at least 4 members (excludes halogenated alkanes) is 4. The fourth-order valence-electron chi connectivity index (χ4n) is 11.2. The number of phenols is 1. The zero-order valence-corrected chi connectivity index (χ0v) is 35.0. The average molecular weight is 783 g/mol. The van der Waals surface area contributed by atoms with Crippen molar-refractivity contribution in [2.75, 3.05) is 6.61 Å². The highest BCUT2D eigenvalue weighted by Gasteiger charge is 2.34. The Bertz CT molecular complexity index is 1440. The zero-order valence-electron chi connectivity index (χ0n) is 35.0. The molecule has 4 aliphatic rings. The predicted octanol–water partition coefficient (Wildman–Crippen LogP) is 15.9. The molecule has 0 heterocycles. The number of rotatable bonds is 16. The molecule has 4 fully saturated rings. The minimum atomic E-state index is -1.09. The van der Waals surface area contributed by atoms with Crippen LogP contribution < -0.4 is 4.74 Å². The van der Waals surface area contributed by atoms with Crippen molar-refractivity contribution in [1.82, 2.24) is 0 Å². The van der Waals surface area contributed by atoms with E-state index >= 15 is 0 Å². The van der Waals surface area contributed by atoms with Gasteiger partial charge in [0.05, 0.1) is 6.61 Å². The Balaban J connectivity index is 0.000000216. The third-order valence-electron chi connectivity index (χ3n) is 14.7. The number of hydrogen-bond acceptors (Lipinski definition) is 2. The van der Waals surface area contributed by atoms with Crippen LogP contribution in [-0.4, -0.2) is 11.7 Å². The van der Waals surface area contributed by atoms with Crippen molar-refractivity contribution in [3.8, 4) is 11.5 Å². The molecule has 0 unspecified atom stereocenters. The summed E-state index contributed by atoms with van der Waals surface area (Å²) >= 11 is 0. The summed E-state index contributed by atoms with van der Waals surface area (Å²) in [6, 6.07) is 6.21. The highest BCUT2D eigenvalue weighted by Crippen LogP contribution is 2.47. The second-order valence-corrected chi connectivity index (χ2v) is 18.3. The van der Waals surface area contributed by atoms with Crippen LogP contribution in [0.5, 0.6) is 11.5 Å². The van der Waals surface area contributed by atoms with Gasteiger partial charge in [0.1, 0.15) is 0 Å². The molecule has 2 nitrogen and oxygen atoms in total. The number of hydrogen-bond donors (Lipinski definition) is 1. The molecule has 0 amide bonds. The lowest BCUT2D eigenvalue weighted by molar-refractivity contribution is 0.155. The molecule has 2 aromatic carbocycles. The highest BCUT2D eigenvalue weighted by molar-refractivity contribution is 5.34. The molecule has 0 atom stereocenters. The van der Waals surface area contributed by atoms with E-state index in [2.05, 4.69) is 20.4 Å². The van der Waals surface area contributed by atoms with Crippen LogP contribution in [0.2, 0.25) is 0 Å². The first-order valence-corrected chi connectivity index (χ1v) is 23.1. The van der Waals surface area contributed by atoms with Gasteiger partial charge in [0.15, 0.2) is 23.1 Å².